The average Bonchev–Trinajstić information content (AvgIpc) is 3.19. The topological polar surface area (TPSA) is 29.5 Å². The van der Waals surface area contributed by atoms with E-state index in [2.05, 4.69) is 24.3 Å². The fourth-order valence-electron chi connectivity index (χ4n) is 3.56. The van der Waals surface area contributed by atoms with Gasteiger partial charge in [-0.2, -0.15) is 0 Å². The van der Waals surface area contributed by atoms with Crippen molar-refractivity contribution in [3.63, 3.8) is 0 Å². The highest BCUT2D eigenvalue weighted by Gasteiger charge is 2.31. The highest BCUT2D eigenvalue weighted by atomic mass is 35.5. The summed E-state index contributed by atoms with van der Waals surface area (Å²) < 4.78 is 5.13. The molecule has 1 aliphatic rings. The van der Waals surface area contributed by atoms with Gasteiger partial charge in [-0.15, -0.1) is 0 Å². The third-order valence-corrected chi connectivity index (χ3v) is 5.27. The minimum atomic E-state index is -0.404. The van der Waals surface area contributed by atoms with Crippen LogP contribution in [0.4, 0.5) is 4.79 Å². The second-order valence-electron chi connectivity index (χ2n) is 6.59. The van der Waals surface area contributed by atoms with E-state index in [1.165, 1.54) is 4.90 Å². The van der Waals surface area contributed by atoms with Crippen LogP contribution in [0, 0.1) is 0 Å². The zero-order valence-electron chi connectivity index (χ0n) is 15.3. The Morgan fingerprint density at radius 1 is 0.821 bits per heavy atom. The third kappa shape index (κ3) is 3.67. The summed E-state index contributed by atoms with van der Waals surface area (Å²) >= 11 is 6.88. The third-order valence-electron chi connectivity index (χ3n) is 4.86. The lowest BCUT2D eigenvalue weighted by Crippen LogP contribution is -2.23. The summed E-state index contributed by atoms with van der Waals surface area (Å²) in [6, 6.07) is 30.4. The van der Waals surface area contributed by atoms with Crippen molar-refractivity contribution in [2.45, 2.75) is 5.92 Å². The van der Waals surface area contributed by atoms with Crippen molar-refractivity contribution in [2.24, 2.45) is 0 Å². The van der Waals surface area contributed by atoms with Gasteiger partial charge in [-0.05, 0) is 16.7 Å². The Labute approximate surface area is 169 Å². The molecule has 0 radical (unpaired) electrons. The number of hydrogen-bond acceptors (Lipinski definition) is 2. The number of allylic oxidation sites excluding steroid dienone is 1. The number of benzene rings is 3. The first-order chi connectivity index (χ1) is 13.8. The van der Waals surface area contributed by atoms with E-state index in [9.17, 15) is 4.79 Å². The van der Waals surface area contributed by atoms with Crippen LogP contribution in [0.25, 0.3) is 5.57 Å². The maximum Gasteiger partial charge on any atom is 0.415 e. The summed E-state index contributed by atoms with van der Waals surface area (Å²) in [6.45, 7) is 0.794. The molecule has 28 heavy (non-hydrogen) atoms. The van der Waals surface area contributed by atoms with E-state index in [4.69, 9.17) is 16.3 Å². The van der Waals surface area contributed by atoms with E-state index in [-0.39, 0.29) is 5.92 Å². The largest absolute Gasteiger partial charge is 0.447 e. The molecule has 0 N–H and O–H groups in total. The first kappa shape index (κ1) is 18.3. The van der Waals surface area contributed by atoms with Crippen LogP contribution in [0.5, 0.6) is 0 Å². The summed E-state index contributed by atoms with van der Waals surface area (Å²) in [5, 5.41) is 0.409. The van der Waals surface area contributed by atoms with Crippen LogP contribution in [-0.2, 0) is 4.74 Å². The molecule has 0 saturated carbocycles. The van der Waals surface area contributed by atoms with Gasteiger partial charge in [0, 0.05) is 11.5 Å². The van der Waals surface area contributed by atoms with Gasteiger partial charge in [-0.1, -0.05) is 103 Å². The second kappa shape index (κ2) is 8.32. The molecule has 3 aromatic carbocycles. The van der Waals surface area contributed by atoms with Crippen molar-refractivity contribution >= 4 is 23.3 Å². The van der Waals surface area contributed by atoms with E-state index in [0.29, 0.717) is 18.3 Å². The summed E-state index contributed by atoms with van der Waals surface area (Å²) in [5.74, 6) is -0.120. The molecular weight excluding hydrogens is 370 g/mol. The van der Waals surface area contributed by atoms with E-state index in [0.717, 1.165) is 22.3 Å². The van der Waals surface area contributed by atoms with Crippen LogP contribution in [-0.4, -0.2) is 24.1 Å². The average molecular weight is 390 g/mol. The van der Waals surface area contributed by atoms with Gasteiger partial charge in [0.25, 0.3) is 0 Å². The van der Waals surface area contributed by atoms with Gasteiger partial charge in [0.15, 0.2) is 0 Å². The molecule has 4 heteroatoms. The predicted octanol–water partition coefficient (Wildman–Crippen LogP) is 5.88. The predicted molar refractivity (Wildman–Crippen MR) is 112 cm³/mol. The SMILES string of the molecule is O=C1OCCN1/C(Cl)=C(/c1ccccc1)C(c1ccccc1)c1ccccc1. The monoisotopic (exact) mass is 389 g/mol. The number of carbonyl (C=O) groups is 1. The van der Waals surface area contributed by atoms with Crippen LogP contribution in [0.2, 0.25) is 0 Å². The molecular formula is C24H20ClNO2. The minimum absolute atomic E-state index is 0.120. The van der Waals surface area contributed by atoms with E-state index in [1.807, 2.05) is 66.7 Å². The molecule has 1 amide bonds. The summed E-state index contributed by atoms with van der Waals surface area (Å²) in [5.41, 5.74) is 4.08. The highest BCUT2D eigenvalue weighted by molar-refractivity contribution is 6.33. The molecule has 3 aromatic rings. The molecule has 1 aliphatic heterocycles. The Balaban J connectivity index is 1.96. The van der Waals surface area contributed by atoms with Gasteiger partial charge in [0.2, 0.25) is 0 Å². The first-order valence-corrected chi connectivity index (χ1v) is 9.63. The quantitative estimate of drug-likeness (QED) is 0.510. The molecule has 0 unspecified atom stereocenters. The van der Waals surface area contributed by atoms with E-state index >= 15 is 0 Å². The van der Waals surface area contributed by atoms with Crippen LogP contribution < -0.4 is 0 Å². The van der Waals surface area contributed by atoms with Gasteiger partial charge in [0.1, 0.15) is 11.8 Å². The number of cyclic esters (lactones) is 1. The zero-order chi connectivity index (χ0) is 19.3. The Morgan fingerprint density at radius 2 is 1.32 bits per heavy atom. The fraction of sp³-hybridized carbons (Fsp3) is 0.125. The molecule has 0 atom stereocenters. The molecule has 0 aromatic heterocycles. The first-order valence-electron chi connectivity index (χ1n) is 9.25. The molecule has 0 spiro atoms. The summed E-state index contributed by atoms with van der Waals surface area (Å²) in [4.78, 5) is 13.7. The molecule has 1 saturated heterocycles. The molecule has 1 fully saturated rings. The number of carbonyl (C=O) groups excluding carboxylic acids is 1. The number of hydrogen-bond donors (Lipinski definition) is 0. The van der Waals surface area contributed by atoms with Crippen molar-refractivity contribution in [1.82, 2.24) is 4.90 Å². The fourth-order valence-corrected chi connectivity index (χ4v) is 3.93. The molecule has 0 bridgehead atoms. The lowest BCUT2D eigenvalue weighted by atomic mass is 9.82. The Kier molecular flexibility index (Phi) is 5.45. The molecule has 1 heterocycles. The normalized spacial score (nSPS) is 14.8. The number of halogens is 1. The van der Waals surface area contributed by atoms with Gasteiger partial charge >= 0.3 is 6.09 Å². The molecule has 3 nitrogen and oxygen atoms in total. The van der Waals surface area contributed by atoms with E-state index in [1.54, 1.807) is 0 Å². The maximum atomic E-state index is 12.2. The lowest BCUT2D eigenvalue weighted by molar-refractivity contribution is 0.165. The lowest BCUT2D eigenvalue weighted by Gasteiger charge is -2.26. The zero-order valence-corrected chi connectivity index (χ0v) is 16.0. The molecule has 4 rings (SSSR count). The Morgan fingerprint density at radius 3 is 1.79 bits per heavy atom. The minimum Gasteiger partial charge on any atom is -0.447 e. The summed E-state index contributed by atoms with van der Waals surface area (Å²) in [7, 11) is 0. The Hall–Kier alpha value is -3.04. The highest BCUT2D eigenvalue weighted by Crippen LogP contribution is 2.42. The molecule has 140 valence electrons. The van der Waals surface area contributed by atoms with Gasteiger partial charge in [-0.3, -0.25) is 4.90 Å². The Bertz CT molecular complexity index is 932. The maximum absolute atomic E-state index is 12.2. The van der Waals surface area contributed by atoms with Gasteiger partial charge in [0.05, 0.1) is 6.54 Å². The van der Waals surface area contributed by atoms with Crippen LogP contribution >= 0.6 is 11.6 Å². The number of amides is 1. The second-order valence-corrected chi connectivity index (χ2v) is 6.95. The van der Waals surface area contributed by atoms with Gasteiger partial charge in [-0.25, -0.2) is 4.79 Å². The van der Waals surface area contributed by atoms with Crippen molar-refractivity contribution < 1.29 is 9.53 Å². The summed E-state index contributed by atoms with van der Waals surface area (Å²) in [6.07, 6.45) is -0.404. The van der Waals surface area contributed by atoms with Crippen LogP contribution in [0.3, 0.4) is 0 Å². The van der Waals surface area contributed by atoms with Crippen molar-refractivity contribution in [3.8, 4) is 0 Å². The van der Waals surface area contributed by atoms with Crippen LogP contribution in [0.15, 0.2) is 96.2 Å². The number of nitrogens with zero attached hydrogens (tertiary/aromatic N) is 1. The van der Waals surface area contributed by atoms with Crippen molar-refractivity contribution in [3.05, 3.63) is 113 Å². The standard InChI is InChI=1S/C24H20ClNO2/c25-23(26-16-17-28-24(26)27)22(20-14-8-3-9-15-20)21(18-10-4-1-5-11-18)19-12-6-2-7-13-19/h1-15,21H,16-17H2/b23-22-. The van der Waals surface area contributed by atoms with E-state index < -0.39 is 6.09 Å². The smallest absolute Gasteiger partial charge is 0.415 e. The van der Waals surface area contributed by atoms with Crippen LogP contribution in [0.1, 0.15) is 22.6 Å². The van der Waals surface area contributed by atoms with Gasteiger partial charge < -0.3 is 4.74 Å². The number of ether oxygens (including phenoxy) is 1. The van der Waals surface area contributed by atoms with Crippen molar-refractivity contribution in [2.75, 3.05) is 13.2 Å². The number of rotatable bonds is 5. The molecule has 0 aliphatic carbocycles. The van der Waals surface area contributed by atoms with Crippen molar-refractivity contribution in [1.29, 1.82) is 0 Å².